The third-order valence-electron chi connectivity index (χ3n) is 3.33. The number of aliphatic hydroxyl groups excluding tert-OH is 1. The molecule has 6 heteroatoms. The van der Waals surface area contributed by atoms with Crippen molar-refractivity contribution in [2.75, 3.05) is 32.0 Å². The van der Waals surface area contributed by atoms with Gasteiger partial charge in [0.25, 0.3) is 0 Å². The van der Waals surface area contributed by atoms with Crippen LogP contribution in [-0.2, 0) is 11.3 Å². The fraction of sp³-hybridized carbons (Fsp3) is 0.750. The molecule has 3 N–H and O–H groups in total. The van der Waals surface area contributed by atoms with Crippen LogP contribution in [0.2, 0.25) is 0 Å². The Morgan fingerprint density at radius 3 is 3.06 bits per heavy atom. The van der Waals surface area contributed by atoms with Gasteiger partial charge in [-0.15, -0.1) is 0 Å². The van der Waals surface area contributed by atoms with E-state index in [9.17, 15) is 0 Å². The predicted octanol–water partition coefficient (Wildman–Crippen LogP) is -0.0630. The fourth-order valence-electron chi connectivity index (χ4n) is 2.23. The first kappa shape index (κ1) is 13.3. The van der Waals surface area contributed by atoms with E-state index in [1.807, 2.05) is 10.9 Å². The van der Waals surface area contributed by atoms with Crippen LogP contribution in [-0.4, -0.2) is 58.2 Å². The van der Waals surface area contributed by atoms with Gasteiger partial charge in [0, 0.05) is 31.9 Å². The molecule has 0 bridgehead atoms. The van der Waals surface area contributed by atoms with Crippen molar-refractivity contribution in [3.05, 3.63) is 12.3 Å². The number of aromatic nitrogens is 2. The number of aliphatic hydroxyl groups is 1. The molecule has 1 aliphatic rings. The van der Waals surface area contributed by atoms with Crippen molar-refractivity contribution in [2.24, 2.45) is 0 Å². The topological polar surface area (TPSA) is 76.5 Å². The first-order valence-electron chi connectivity index (χ1n) is 6.44. The van der Waals surface area contributed by atoms with Gasteiger partial charge in [-0.1, -0.05) is 0 Å². The van der Waals surface area contributed by atoms with Gasteiger partial charge in [-0.05, 0) is 19.4 Å². The zero-order valence-electron chi connectivity index (χ0n) is 10.8. The Labute approximate surface area is 107 Å². The Hall–Kier alpha value is -1.11. The van der Waals surface area contributed by atoms with Crippen molar-refractivity contribution in [1.29, 1.82) is 0 Å². The number of hydrogen-bond acceptors (Lipinski definition) is 5. The number of aryl methyl sites for hydroxylation is 1. The minimum atomic E-state index is -0.0402. The monoisotopic (exact) mass is 254 g/mol. The van der Waals surface area contributed by atoms with Gasteiger partial charge >= 0.3 is 0 Å². The number of morpholine rings is 1. The summed E-state index contributed by atoms with van der Waals surface area (Å²) in [5, 5.41) is 13.3. The summed E-state index contributed by atoms with van der Waals surface area (Å²) in [6.45, 7) is 5.60. The maximum Gasteiger partial charge on any atom is 0.145 e. The van der Waals surface area contributed by atoms with Crippen LogP contribution in [0.25, 0.3) is 0 Å². The molecular formula is C12H22N4O2. The van der Waals surface area contributed by atoms with Gasteiger partial charge in [-0.3, -0.25) is 9.58 Å². The summed E-state index contributed by atoms with van der Waals surface area (Å²) >= 11 is 0. The van der Waals surface area contributed by atoms with E-state index in [2.05, 4.69) is 16.9 Å². The zero-order valence-corrected chi connectivity index (χ0v) is 10.8. The quantitative estimate of drug-likeness (QED) is 0.769. The van der Waals surface area contributed by atoms with Crippen LogP contribution in [0.5, 0.6) is 0 Å². The average Bonchev–Trinajstić information content (AvgIpc) is 2.77. The van der Waals surface area contributed by atoms with Gasteiger partial charge < -0.3 is 15.6 Å². The summed E-state index contributed by atoms with van der Waals surface area (Å²) in [6.07, 6.45) is 2.87. The summed E-state index contributed by atoms with van der Waals surface area (Å²) in [7, 11) is 0. The van der Waals surface area contributed by atoms with Gasteiger partial charge in [0.2, 0.25) is 0 Å². The van der Waals surface area contributed by atoms with Crippen LogP contribution >= 0.6 is 0 Å². The van der Waals surface area contributed by atoms with Crippen LogP contribution in [0.1, 0.15) is 13.3 Å². The molecule has 1 aromatic heterocycles. The number of ether oxygens (including phenoxy) is 1. The van der Waals surface area contributed by atoms with E-state index < -0.39 is 0 Å². The molecule has 0 aromatic carbocycles. The fourth-order valence-corrected chi connectivity index (χ4v) is 2.23. The van der Waals surface area contributed by atoms with Crippen LogP contribution in [0, 0.1) is 0 Å². The minimum absolute atomic E-state index is 0.0402. The number of nitrogens with two attached hydrogens (primary N) is 1. The summed E-state index contributed by atoms with van der Waals surface area (Å²) in [5.74, 6) is 0.565. The van der Waals surface area contributed by atoms with Gasteiger partial charge in [-0.25, -0.2) is 0 Å². The highest BCUT2D eigenvalue weighted by atomic mass is 16.5. The molecule has 6 nitrogen and oxygen atoms in total. The lowest BCUT2D eigenvalue weighted by molar-refractivity contribution is -0.0781. The second-order valence-corrected chi connectivity index (χ2v) is 4.84. The van der Waals surface area contributed by atoms with Gasteiger partial charge in [0.1, 0.15) is 5.82 Å². The Morgan fingerprint density at radius 2 is 2.39 bits per heavy atom. The van der Waals surface area contributed by atoms with Gasteiger partial charge in [0.15, 0.2) is 0 Å². The Balaban J connectivity index is 1.74. The molecule has 18 heavy (non-hydrogen) atoms. The van der Waals surface area contributed by atoms with Gasteiger partial charge in [0.05, 0.1) is 19.3 Å². The molecule has 0 spiro atoms. The lowest BCUT2D eigenvalue weighted by atomic mass is 10.2. The molecule has 1 aromatic rings. The lowest BCUT2D eigenvalue weighted by Crippen LogP contribution is -2.49. The molecular weight excluding hydrogens is 232 g/mol. The van der Waals surface area contributed by atoms with E-state index in [1.165, 1.54) is 0 Å². The van der Waals surface area contributed by atoms with Crippen molar-refractivity contribution < 1.29 is 9.84 Å². The number of hydrogen-bond donors (Lipinski definition) is 2. The number of nitrogen functional groups attached to an aromatic ring is 1. The molecule has 2 rings (SSSR count). The molecule has 0 radical (unpaired) electrons. The SMILES string of the molecule is CC1COC(CO)CN1CCCn1ccc(N)n1. The van der Waals surface area contributed by atoms with Crippen molar-refractivity contribution in [3.8, 4) is 0 Å². The second-order valence-electron chi connectivity index (χ2n) is 4.84. The molecule has 2 atom stereocenters. The van der Waals surface area contributed by atoms with Crippen molar-refractivity contribution in [1.82, 2.24) is 14.7 Å². The largest absolute Gasteiger partial charge is 0.394 e. The van der Waals surface area contributed by atoms with Crippen molar-refractivity contribution >= 4 is 5.82 Å². The van der Waals surface area contributed by atoms with E-state index in [4.69, 9.17) is 15.6 Å². The predicted molar refractivity (Wildman–Crippen MR) is 69.1 cm³/mol. The zero-order chi connectivity index (χ0) is 13.0. The molecule has 1 fully saturated rings. The van der Waals surface area contributed by atoms with Crippen molar-refractivity contribution in [3.63, 3.8) is 0 Å². The van der Waals surface area contributed by atoms with E-state index in [1.54, 1.807) is 6.07 Å². The molecule has 2 heterocycles. The lowest BCUT2D eigenvalue weighted by Gasteiger charge is -2.37. The number of nitrogens with zero attached hydrogens (tertiary/aromatic N) is 3. The van der Waals surface area contributed by atoms with E-state index in [-0.39, 0.29) is 12.7 Å². The Morgan fingerprint density at radius 1 is 1.56 bits per heavy atom. The highest BCUT2D eigenvalue weighted by Gasteiger charge is 2.24. The highest BCUT2D eigenvalue weighted by molar-refractivity contribution is 5.23. The second kappa shape index (κ2) is 6.17. The smallest absolute Gasteiger partial charge is 0.145 e. The third-order valence-corrected chi connectivity index (χ3v) is 3.33. The standard InChI is InChI=1S/C12H22N4O2/c1-10-9-18-11(8-17)7-15(10)4-2-5-16-6-3-12(13)14-16/h3,6,10-11,17H,2,4-5,7-9H2,1H3,(H2,13,14). The van der Waals surface area contributed by atoms with Crippen LogP contribution in [0.4, 0.5) is 5.82 Å². The van der Waals surface area contributed by atoms with Crippen molar-refractivity contribution in [2.45, 2.75) is 32.0 Å². The molecule has 0 amide bonds. The third kappa shape index (κ3) is 3.44. The summed E-state index contributed by atoms with van der Waals surface area (Å²) in [4.78, 5) is 2.36. The maximum atomic E-state index is 9.12. The molecule has 0 saturated carbocycles. The molecule has 102 valence electrons. The van der Waals surface area contributed by atoms with Crippen LogP contribution < -0.4 is 5.73 Å². The van der Waals surface area contributed by atoms with Gasteiger partial charge in [-0.2, -0.15) is 5.10 Å². The van der Waals surface area contributed by atoms with Crippen LogP contribution in [0.3, 0.4) is 0 Å². The highest BCUT2D eigenvalue weighted by Crippen LogP contribution is 2.12. The Kier molecular flexibility index (Phi) is 4.57. The average molecular weight is 254 g/mol. The first-order valence-corrected chi connectivity index (χ1v) is 6.44. The number of anilines is 1. The first-order chi connectivity index (χ1) is 8.69. The minimum Gasteiger partial charge on any atom is -0.394 e. The molecule has 1 saturated heterocycles. The molecule has 0 aliphatic carbocycles. The molecule has 1 aliphatic heterocycles. The summed E-state index contributed by atoms with van der Waals surface area (Å²) in [5.41, 5.74) is 5.56. The van der Waals surface area contributed by atoms with E-state index in [0.29, 0.717) is 18.5 Å². The summed E-state index contributed by atoms with van der Waals surface area (Å²) in [6, 6.07) is 2.22. The summed E-state index contributed by atoms with van der Waals surface area (Å²) < 4.78 is 7.38. The van der Waals surface area contributed by atoms with Crippen LogP contribution in [0.15, 0.2) is 12.3 Å². The van der Waals surface area contributed by atoms with E-state index >= 15 is 0 Å². The maximum absolute atomic E-state index is 9.12. The molecule has 2 unspecified atom stereocenters. The van der Waals surface area contributed by atoms with E-state index in [0.717, 1.165) is 26.1 Å². The Bertz CT molecular complexity index is 369. The number of rotatable bonds is 5. The normalized spacial score (nSPS) is 25.4.